The lowest BCUT2D eigenvalue weighted by Gasteiger charge is -2.07. The Labute approximate surface area is 672 Å². The summed E-state index contributed by atoms with van der Waals surface area (Å²) in [6.45, 7) is 40.6. The molecule has 45 heteroatoms. The Kier molecular flexibility index (Phi) is 75.1. The number of esters is 3. The van der Waals surface area contributed by atoms with Crippen molar-refractivity contribution >= 4 is 140 Å². The normalized spacial score (nSPS) is 11.9. The zero-order valence-corrected chi connectivity index (χ0v) is 67.2. The fraction of sp³-hybridized carbons (Fsp3) is 0.486. The maximum Gasteiger partial charge on any atom is 0.333 e. The van der Waals surface area contributed by atoms with E-state index in [1.54, 1.807) is 34.6 Å². The first-order chi connectivity index (χ1) is 52.4. The molecule has 0 aromatic rings. The van der Waals surface area contributed by atoms with Gasteiger partial charge in [0.1, 0.15) is 61.0 Å². The van der Waals surface area contributed by atoms with Crippen LogP contribution >= 0.6 is 23.5 Å². The predicted octanol–water partition coefficient (Wildman–Crippen LogP) is -1.62. The van der Waals surface area contributed by atoms with Crippen molar-refractivity contribution in [2.75, 3.05) is 44.4 Å². The maximum absolute atomic E-state index is 11.0. The lowest BCUT2D eigenvalue weighted by atomic mass is 10.1. The Balaban J connectivity index is -0.000000157. The number of carboxylic acid groups (broad SMARTS) is 9. The highest BCUT2D eigenvalue weighted by Gasteiger charge is 2.23. The number of hydrogen-bond acceptors (Lipinski definition) is 34. The Hall–Kier alpha value is -11.1. The van der Waals surface area contributed by atoms with Crippen molar-refractivity contribution in [1.29, 1.82) is 0 Å². The van der Waals surface area contributed by atoms with E-state index in [0.717, 1.165) is 30.4 Å². The van der Waals surface area contributed by atoms with Crippen molar-refractivity contribution in [3.8, 4) is 0 Å². The summed E-state index contributed by atoms with van der Waals surface area (Å²) in [6.07, 6.45) is 1.20. The number of ether oxygens (including phenoxy) is 3. The molecule has 652 valence electrons. The van der Waals surface area contributed by atoms with E-state index in [1.807, 2.05) is 0 Å². The summed E-state index contributed by atoms with van der Waals surface area (Å²) in [5.41, 5.74) is 49.3. The Morgan fingerprint density at radius 2 is 0.635 bits per heavy atom. The van der Waals surface area contributed by atoms with Gasteiger partial charge in [0.15, 0.2) is 5.78 Å². The number of allylic oxidation sites excluding steroid dienone is 1. The smallest absolute Gasteiger partial charge is 0.333 e. The molecule has 9 atom stereocenters. The number of carbonyl (C=O) groups excluding carboxylic acids is 11. The van der Waals surface area contributed by atoms with Gasteiger partial charge in [0.05, 0.1) is 13.2 Å². The third kappa shape index (κ3) is 79.3. The van der Waals surface area contributed by atoms with E-state index in [9.17, 15) is 95.9 Å². The van der Waals surface area contributed by atoms with Gasteiger partial charge < -0.3 is 122 Å². The van der Waals surface area contributed by atoms with Crippen LogP contribution in [0.5, 0.6) is 0 Å². The minimum atomic E-state index is -1.24. The number of carbonyl (C=O) groups is 20. The third-order valence-electron chi connectivity index (χ3n) is 12.0. The molecule has 0 aromatic heterocycles. The first-order valence-electron chi connectivity index (χ1n) is 33.1. The van der Waals surface area contributed by atoms with Gasteiger partial charge in [0.2, 0.25) is 33.6 Å². The summed E-state index contributed by atoms with van der Waals surface area (Å²) >= 11 is 1.93. The number of carboxylic acids is 9. The van der Waals surface area contributed by atoms with Gasteiger partial charge in [-0.25, -0.2) is 14.4 Å². The summed E-state index contributed by atoms with van der Waals surface area (Å²) in [5.74, 6) is -14.8. The van der Waals surface area contributed by atoms with Crippen molar-refractivity contribution in [3.63, 3.8) is 0 Å². The second-order valence-electron chi connectivity index (χ2n) is 23.6. The molecule has 0 radical (unpaired) electrons. The van der Waals surface area contributed by atoms with Gasteiger partial charge in [-0.05, 0) is 111 Å². The summed E-state index contributed by atoms with van der Waals surface area (Å²) in [7, 11) is 0. The lowest BCUT2D eigenvalue weighted by Crippen LogP contribution is -2.42. The molecule has 0 aliphatic heterocycles. The number of thioether (sulfide) groups is 2. The highest BCUT2D eigenvalue weighted by molar-refractivity contribution is 8.14. The standard InChI is InChI=1S/C9H15NO4.C8H14N2O3.C8H11NO5.C8H13NO4.C8H13NO3S.C8H13NO3.C7H12N2O3.C7H11NO4.C7H11NO3S/c1-6(2)9(13)14-5-3-4-7(10)8(11)12;1-5(2)7(11)10-4-3-6(9)8(12)13;1-4(10)7(12)6(11)3-2-5(9)8(13)14;2*1-5(2)8(12)13-4-3-6(9)7(10)11;1-5(2)7(10)4-3-6(9)8(11)12;1-4(2)6(10)9-3-5(8)7(11)12;2*1-4(2)7(11)12-3-5(8)6(9)10/h7H,1,3-5,10H2,2H3,(H,11,12);6H,1,3-4,9H2,2H3,(H,10,11)(H,12,13);5H,2-3,9H2,1H3,(H,13,14);2*6H,1,3-4,9H2,2H3,(H,10,11);6H,1,3-4,9H2,2H3,(H,11,12);5H,1,3,8H2,2H3,(H,9,10)(H,11,12);2*5H,1,3,8H2,2H3,(H,9,10). The zero-order chi connectivity index (χ0) is 92.6. The predicted molar refractivity (Wildman–Crippen MR) is 420 cm³/mol. The Morgan fingerprint density at radius 1 is 0.322 bits per heavy atom. The number of nitrogens with two attached hydrogens (primary N) is 9. The van der Waals surface area contributed by atoms with Crippen LogP contribution < -0.4 is 62.2 Å². The van der Waals surface area contributed by atoms with E-state index in [1.165, 1.54) is 20.8 Å². The largest absolute Gasteiger partial charge is 0.480 e. The molecule has 0 saturated heterocycles. The van der Waals surface area contributed by atoms with Crippen LogP contribution in [-0.2, 0) is 110 Å². The fourth-order valence-electron chi connectivity index (χ4n) is 4.89. The number of hydrogen-bond donors (Lipinski definition) is 20. The summed E-state index contributed by atoms with van der Waals surface area (Å²) in [4.78, 5) is 211. The summed E-state index contributed by atoms with van der Waals surface area (Å²) < 4.78 is 13.9. The lowest BCUT2D eigenvalue weighted by molar-refractivity contribution is -0.146. The van der Waals surface area contributed by atoms with Crippen LogP contribution in [0.3, 0.4) is 0 Å². The van der Waals surface area contributed by atoms with Crippen LogP contribution in [0, 0.1) is 0 Å². The first kappa shape index (κ1) is 122. The minimum Gasteiger partial charge on any atom is -0.480 e. The molecule has 29 N–H and O–H groups in total. The second-order valence-corrected chi connectivity index (χ2v) is 25.7. The van der Waals surface area contributed by atoms with Gasteiger partial charge in [-0.1, -0.05) is 76.2 Å². The van der Waals surface area contributed by atoms with E-state index >= 15 is 0 Å². The molecule has 0 heterocycles. The molecule has 0 spiro atoms. The second kappa shape index (κ2) is 70.7. The molecule has 0 saturated carbocycles. The molecule has 2 amide bonds. The molecule has 9 unspecified atom stereocenters. The van der Waals surface area contributed by atoms with Crippen LogP contribution in [0.4, 0.5) is 0 Å². The molecule has 0 rings (SSSR count). The molecule has 0 aliphatic carbocycles. The quantitative estimate of drug-likeness (QED) is 0.00814. The van der Waals surface area contributed by atoms with E-state index in [2.05, 4.69) is 72.7 Å². The maximum atomic E-state index is 11.0. The molecular weight excluding hydrogens is 1570 g/mol. The molecule has 0 aromatic carbocycles. The van der Waals surface area contributed by atoms with Crippen LogP contribution in [0.1, 0.15) is 120 Å². The highest BCUT2D eigenvalue weighted by Crippen LogP contribution is 2.12. The van der Waals surface area contributed by atoms with E-state index in [0.29, 0.717) is 58.5 Å². The van der Waals surface area contributed by atoms with Gasteiger partial charge in [-0.3, -0.25) is 81.5 Å². The fourth-order valence-corrected chi connectivity index (χ4v) is 6.41. The highest BCUT2D eigenvalue weighted by atomic mass is 32.2. The van der Waals surface area contributed by atoms with Gasteiger partial charge >= 0.3 is 71.6 Å². The van der Waals surface area contributed by atoms with Gasteiger partial charge in [-0.15, -0.1) is 0 Å². The number of nitrogens with one attached hydrogen (secondary N) is 2. The Bertz CT molecular complexity index is 3130. The zero-order valence-electron chi connectivity index (χ0n) is 65.6. The third-order valence-corrected chi connectivity index (χ3v) is 14.2. The van der Waals surface area contributed by atoms with Crippen LogP contribution in [0.25, 0.3) is 0 Å². The van der Waals surface area contributed by atoms with E-state index < -0.39 is 143 Å². The summed E-state index contributed by atoms with van der Waals surface area (Å²) in [6, 6.07) is -9.04. The topological polar surface area (TPSA) is 809 Å². The molecule has 115 heavy (non-hydrogen) atoms. The number of Topliss-reactive ketones (excluding diaryl/α,β-unsaturated/α-hetero) is 4. The van der Waals surface area contributed by atoms with Crippen LogP contribution in [0.15, 0.2) is 97.2 Å². The first-order valence-corrected chi connectivity index (χ1v) is 35.0. The minimum absolute atomic E-state index is 0.000833. The van der Waals surface area contributed by atoms with Crippen molar-refractivity contribution in [2.24, 2.45) is 51.6 Å². The van der Waals surface area contributed by atoms with Crippen molar-refractivity contribution in [1.82, 2.24) is 10.6 Å². The molecule has 43 nitrogen and oxygen atoms in total. The number of ketones is 4. The van der Waals surface area contributed by atoms with Gasteiger partial charge in [0, 0.05) is 78.6 Å². The van der Waals surface area contributed by atoms with Crippen molar-refractivity contribution in [2.45, 2.75) is 174 Å². The number of aliphatic carboxylic acids is 9. The summed E-state index contributed by atoms with van der Waals surface area (Å²) in [5, 5.41) is 79.8. The number of amides is 2. The average Bonchev–Trinajstić information content (AvgIpc) is 0.928. The van der Waals surface area contributed by atoms with Crippen molar-refractivity contribution < 1.29 is 156 Å². The van der Waals surface area contributed by atoms with E-state index in [4.69, 9.17) is 102 Å². The average molecular weight is 1680 g/mol. The molecule has 0 bridgehead atoms. The van der Waals surface area contributed by atoms with Crippen LogP contribution in [0.2, 0.25) is 0 Å². The monoisotopic (exact) mass is 1680 g/mol. The van der Waals surface area contributed by atoms with Gasteiger partial charge in [-0.2, -0.15) is 0 Å². The Morgan fingerprint density at radius 3 is 0.974 bits per heavy atom. The van der Waals surface area contributed by atoms with Crippen LogP contribution in [-0.4, -0.2) is 262 Å². The molecular formula is C70H113N11O32S2. The van der Waals surface area contributed by atoms with Crippen molar-refractivity contribution in [3.05, 3.63) is 97.2 Å². The molecule has 0 aliphatic rings. The number of rotatable bonds is 44. The SMILES string of the molecule is C=C(C)C(=O)CCC(N)C(=O)O.C=C(C)C(=O)NCC(N)C(=O)O.C=C(C)C(=O)NCCC(N)C(=O)O.C=C(C)C(=O)OCC(N)C(=O)O.C=C(C)C(=O)OCCC(N)C(=O)O.C=C(C)C(=O)OCCCC(N)C(=O)O.C=C(C)C(=O)SCC(N)C(=O)O.C=C(C)C(=O)SCCC(N)C(=O)O.CC(=O)C(=O)C(=O)CCC(N)C(=O)O. The van der Waals surface area contributed by atoms with Gasteiger partial charge in [0.25, 0.3) is 5.78 Å². The molecule has 0 fully saturated rings. The van der Waals surface area contributed by atoms with E-state index in [-0.39, 0.29) is 116 Å².